The van der Waals surface area contributed by atoms with Crippen LogP contribution in [0.1, 0.15) is 22.3 Å². The first-order chi connectivity index (χ1) is 13.1. The Labute approximate surface area is 174 Å². The Kier molecular flexibility index (Phi) is 6.61. The molecular formula is C23H24INO2. The summed E-state index contributed by atoms with van der Waals surface area (Å²) in [4.78, 5) is 0. The number of nitrogens with one attached hydrogen (secondary N) is 1. The number of benzene rings is 3. The molecule has 3 nitrogen and oxygen atoms in total. The van der Waals surface area contributed by atoms with Gasteiger partial charge in [-0.15, -0.1) is 0 Å². The fraction of sp³-hybridized carbons (Fsp3) is 0.217. The summed E-state index contributed by atoms with van der Waals surface area (Å²) in [5.41, 5.74) is 6.02. The van der Waals surface area contributed by atoms with Crippen LogP contribution < -0.4 is 14.8 Å². The molecule has 0 saturated carbocycles. The molecule has 3 rings (SSSR count). The minimum Gasteiger partial charge on any atom is -0.493 e. The molecule has 0 bridgehead atoms. The number of halogens is 1. The summed E-state index contributed by atoms with van der Waals surface area (Å²) >= 11 is 2.31. The molecule has 140 valence electrons. The van der Waals surface area contributed by atoms with Gasteiger partial charge in [-0.05, 0) is 76.9 Å². The van der Waals surface area contributed by atoms with E-state index < -0.39 is 0 Å². The second-order valence-corrected chi connectivity index (χ2v) is 7.65. The van der Waals surface area contributed by atoms with Gasteiger partial charge in [0, 0.05) is 12.2 Å². The monoisotopic (exact) mass is 473 g/mol. The quantitative estimate of drug-likeness (QED) is 0.421. The van der Waals surface area contributed by atoms with E-state index in [1.54, 1.807) is 7.11 Å². The van der Waals surface area contributed by atoms with Gasteiger partial charge in [0.2, 0.25) is 0 Å². The Hall–Kier alpha value is -2.21. The number of ether oxygens (including phenoxy) is 2. The average Bonchev–Trinajstić information content (AvgIpc) is 2.68. The van der Waals surface area contributed by atoms with Crippen LogP contribution in [-0.2, 0) is 13.2 Å². The van der Waals surface area contributed by atoms with Crippen LogP contribution in [-0.4, -0.2) is 7.11 Å². The Balaban J connectivity index is 1.74. The maximum atomic E-state index is 6.04. The van der Waals surface area contributed by atoms with Gasteiger partial charge in [0.25, 0.3) is 0 Å². The van der Waals surface area contributed by atoms with Crippen molar-refractivity contribution in [1.29, 1.82) is 0 Å². The number of methoxy groups -OCH3 is 1. The number of hydrogen-bond donors (Lipinski definition) is 1. The van der Waals surface area contributed by atoms with E-state index in [1.165, 1.54) is 11.1 Å². The van der Waals surface area contributed by atoms with Crippen LogP contribution >= 0.6 is 22.6 Å². The van der Waals surface area contributed by atoms with Crippen LogP contribution in [0, 0.1) is 17.4 Å². The highest BCUT2D eigenvalue weighted by Crippen LogP contribution is 2.35. The van der Waals surface area contributed by atoms with Gasteiger partial charge in [0.15, 0.2) is 11.5 Å². The van der Waals surface area contributed by atoms with E-state index in [2.05, 4.69) is 78.2 Å². The van der Waals surface area contributed by atoms with E-state index in [0.717, 1.165) is 38.4 Å². The third kappa shape index (κ3) is 4.95. The molecule has 0 saturated heterocycles. The number of anilines is 1. The van der Waals surface area contributed by atoms with Crippen molar-refractivity contribution < 1.29 is 9.47 Å². The Morgan fingerprint density at radius 2 is 1.70 bits per heavy atom. The van der Waals surface area contributed by atoms with E-state index in [0.29, 0.717) is 6.61 Å². The summed E-state index contributed by atoms with van der Waals surface area (Å²) in [6.45, 7) is 5.52. The van der Waals surface area contributed by atoms with Crippen molar-refractivity contribution in [3.8, 4) is 11.5 Å². The van der Waals surface area contributed by atoms with Gasteiger partial charge >= 0.3 is 0 Å². The molecule has 0 atom stereocenters. The smallest absolute Gasteiger partial charge is 0.174 e. The van der Waals surface area contributed by atoms with Gasteiger partial charge in [0.05, 0.1) is 10.7 Å². The zero-order valence-corrected chi connectivity index (χ0v) is 18.0. The minimum atomic E-state index is 0.521. The molecule has 0 aliphatic heterocycles. The highest BCUT2D eigenvalue weighted by molar-refractivity contribution is 14.1. The van der Waals surface area contributed by atoms with Crippen molar-refractivity contribution in [3.63, 3.8) is 0 Å². The van der Waals surface area contributed by atoms with Gasteiger partial charge < -0.3 is 14.8 Å². The first kappa shape index (κ1) is 19.5. The van der Waals surface area contributed by atoms with Gasteiger partial charge in [0.1, 0.15) is 6.61 Å². The van der Waals surface area contributed by atoms with Crippen molar-refractivity contribution in [3.05, 3.63) is 86.5 Å². The summed E-state index contributed by atoms with van der Waals surface area (Å²) < 4.78 is 12.7. The largest absolute Gasteiger partial charge is 0.493 e. The summed E-state index contributed by atoms with van der Waals surface area (Å²) in [6, 6.07) is 20.7. The number of hydrogen-bond acceptors (Lipinski definition) is 3. The first-order valence-corrected chi connectivity index (χ1v) is 9.99. The van der Waals surface area contributed by atoms with Crippen molar-refractivity contribution >= 4 is 28.3 Å². The van der Waals surface area contributed by atoms with Crippen molar-refractivity contribution in [1.82, 2.24) is 0 Å². The summed E-state index contributed by atoms with van der Waals surface area (Å²) in [5, 5.41) is 3.53. The van der Waals surface area contributed by atoms with E-state index in [1.807, 2.05) is 24.3 Å². The van der Waals surface area contributed by atoms with Gasteiger partial charge in [-0.25, -0.2) is 0 Å². The molecule has 0 aliphatic carbocycles. The molecule has 0 fully saturated rings. The topological polar surface area (TPSA) is 30.5 Å². The lowest BCUT2D eigenvalue weighted by Crippen LogP contribution is -2.04. The maximum Gasteiger partial charge on any atom is 0.174 e. The number of aryl methyl sites for hydroxylation is 1. The molecule has 0 unspecified atom stereocenters. The lowest BCUT2D eigenvalue weighted by molar-refractivity contribution is 0.282. The second-order valence-electron chi connectivity index (χ2n) is 6.48. The summed E-state index contributed by atoms with van der Waals surface area (Å²) in [7, 11) is 1.68. The van der Waals surface area contributed by atoms with Crippen molar-refractivity contribution in [2.24, 2.45) is 0 Å². The fourth-order valence-corrected chi connectivity index (χ4v) is 3.71. The Morgan fingerprint density at radius 1 is 0.926 bits per heavy atom. The van der Waals surface area contributed by atoms with Crippen LogP contribution in [0.4, 0.5) is 5.69 Å². The van der Waals surface area contributed by atoms with Crippen LogP contribution in [0.25, 0.3) is 0 Å². The van der Waals surface area contributed by atoms with Crippen molar-refractivity contribution in [2.45, 2.75) is 27.0 Å². The molecule has 0 heterocycles. The molecular weight excluding hydrogens is 449 g/mol. The third-order valence-corrected chi connectivity index (χ3v) is 5.40. The highest BCUT2D eigenvalue weighted by atomic mass is 127. The molecule has 0 aliphatic rings. The first-order valence-electron chi connectivity index (χ1n) is 8.91. The highest BCUT2D eigenvalue weighted by Gasteiger charge is 2.12. The van der Waals surface area contributed by atoms with E-state index in [4.69, 9.17) is 9.47 Å². The van der Waals surface area contributed by atoms with E-state index >= 15 is 0 Å². The van der Waals surface area contributed by atoms with Crippen LogP contribution in [0.2, 0.25) is 0 Å². The third-order valence-electron chi connectivity index (χ3n) is 4.60. The van der Waals surface area contributed by atoms with E-state index in [-0.39, 0.29) is 0 Å². The molecule has 3 aromatic carbocycles. The molecule has 4 heteroatoms. The Morgan fingerprint density at radius 3 is 2.44 bits per heavy atom. The lowest BCUT2D eigenvalue weighted by Gasteiger charge is -2.16. The number of rotatable bonds is 7. The average molecular weight is 473 g/mol. The predicted octanol–water partition coefficient (Wildman–Crippen LogP) is 6.11. The molecule has 3 aromatic rings. The zero-order valence-electron chi connectivity index (χ0n) is 15.9. The molecule has 0 amide bonds. The fourth-order valence-electron chi connectivity index (χ4n) is 2.88. The van der Waals surface area contributed by atoms with Crippen LogP contribution in [0.5, 0.6) is 11.5 Å². The van der Waals surface area contributed by atoms with Gasteiger partial charge in [-0.3, -0.25) is 0 Å². The van der Waals surface area contributed by atoms with E-state index in [9.17, 15) is 0 Å². The SMILES string of the molecule is COc1cc(CNc2cccc(C)c2C)cc(I)c1OCc1ccccc1. The van der Waals surface area contributed by atoms with Crippen LogP contribution in [0.3, 0.4) is 0 Å². The molecule has 0 spiro atoms. The zero-order chi connectivity index (χ0) is 19.2. The second kappa shape index (κ2) is 9.13. The summed E-state index contributed by atoms with van der Waals surface area (Å²) in [6.07, 6.45) is 0. The Bertz CT molecular complexity index is 910. The van der Waals surface area contributed by atoms with Crippen LogP contribution in [0.15, 0.2) is 60.7 Å². The van der Waals surface area contributed by atoms with Gasteiger partial charge in [-0.2, -0.15) is 0 Å². The molecule has 27 heavy (non-hydrogen) atoms. The molecule has 1 N–H and O–H groups in total. The standard InChI is InChI=1S/C23H24INO2/c1-16-8-7-11-21(17(16)2)25-14-19-12-20(24)23(22(13-19)26-3)27-15-18-9-5-4-6-10-18/h4-13,25H,14-15H2,1-3H3. The minimum absolute atomic E-state index is 0.521. The maximum absolute atomic E-state index is 6.04. The lowest BCUT2D eigenvalue weighted by atomic mass is 10.1. The van der Waals surface area contributed by atoms with Gasteiger partial charge in [-0.1, -0.05) is 42.5 Å². The normalized spacial score (nSPS) is 10.5. The predicted molar refractivity (Wildman–Crippen MR) is 120 cm³/mol. The summed E-state index contributed by atoms with van der Waals surface area (Å²) in [5.74, 6) is 1.55. The molecule has 0 aromatic heterocycles. The molecule has 0 radical (unpaired) electrons. The van der Waals surface area contributed by atoms with Crippen molar-refractivity contribution in [2.75, 3.05) is 12.4 Å².